The van der Waals surface area contributed by atoms with Crippen LogP contribution in [0, 0.1) is 11.6 Å². The number of aliphatic hydroxyl groups excluding tert-OH is 1. The molecule has 0 spiro atoms. The lowest BCUT2D eigenvalue weighted by molar-refractivity contribution is 0.173. The van der Waals surface area contributed by atoms with Gasteiger partial charge < -0.3 is 5.11 Å². The molecule has 0 aliphatic rings. The van der Waals surface area contributed by atoms with Gasteiger partial charge in [-0.25, -0.2) is 8.78 Å². The zero-order valence-electron chi connectivity index (χ0n) is 9.71. The Morgan fingerprint density at radius 3 is 2.47 bits per heavy atom. The largest absolute Gasteiger partial charge is 0.388 e. The van der Waals surface area contributed by atoms with E-state index in [1.807, 2.05) is 0 Å². The van der Waals surface area contributed by atoms with Crippen LogP contribution in [-0.2, 0) is 6.42 Å². The van der Waals surface area contributed by atoms with Gasteiger partial charge in [0.2, 0.25) is 0 Å². The van der Waals surface area contributed by atoms with E-state index < -0.39 is 11.9 Å². The van der Waals surface area contributed by atoms with Crippen LogP contribution in [0.1, 0.15) is 17.2 Å². The van der Waals surface area contributed by atoms with Gasteiger partial charge in [0, 0.05) is 20.9 Å². The minimum Gasteiger partial charge on any atom is -0.388 e. The predicted molar refractivity (Wildman–Crippen MR) is 76.9 cm³/mol. The summed E-state index contributed by atoms with van der Waals surface area (Å²) in [6, 6.07) is 8.60. The summed E-state index contributed by atoms with van der Waals surface area (Å²) in [5.41, 5.74) is 0.930. The van der Waals surface area contributed by atoms with Crippen LogP contribution in [0.5, 0.6) is 0 Å². The second kappa shape index (κ2) is 6.11. The molecule has 0 radical (unpaired) electrons. The zero-order valence-corrected chi connectivity index (χ0v) is 12.9. The van der Waals surface area contributed by atoms with Crippen LogP contribution in [0.4, 0.5) is 8.78 Å². The molecule has 19 heavy (non-hydrogen) atoms. The molecule has 0 bridgehead atoms. The number of rotatable bonds is 3. The highest BCUT2D eigenvalue weighted by Crippen LogP contribution is 2.27. The molecule has 1 unspecified atom stereocenters. The zero-order chi connectivity index (χ0) is 14.0. The van der Waals surface area contributed by atoms with E-state index in [-0.39, 0.29) is 17.8 Å². The Balaban J connectivity index is 2.25. The quantitative estimate of drug-likeness (QED) is 0.799. The first-order valence-corrected chi connectivity index (χ1v) is 7.13. The summed E-state index contributed by atoms with van der Waals surface area (Å²) in [6.45, 7) is 0. The molecule has 2 aromatic carbocycles. The number of hydrogen-bond donors (Lipinski definition) is 1. The van der Waals surface area contributed by atoms with Crippen molar-refractivity contribution in [2.75, 3.05) is 0 Å². The van der Waals surface area contributed by atoms with Crippen LogP contribution in [0.3, 0.4) is 0 Å². The first-order chi connectivity index (χ1) is 8.97. The van der Waals surface area contributed by atoms with E-state index in [0.29, 0.717) is 14.5 Å². The van der Waals surface area contributed by atoms with E-state index in [4.69, 9.17) is 0 Å². The number of hydrogen-bond acceptors (Lipinski definition) is 1. The summed E-state index contributed by atoms with van der Waals surface area (Å²) in [6.07, 6.45) is -0.784. The Morgan fingerprint density at radius 2 is 1.79 bits per heavy atom. The Kier molecular flexibility index (Phi) is 4.71. The molecule has 0 amide bonds. The van der Waals surface area contributed by atoms with Crippen molar-refractivity contribution in [3.63, 3.8) is 0 Å². The van der Waals surface area contributed by atoms with Crippen molar-refractivity contribution < 1.29 is 13.9 Å². The Morgan fingerprint density at radius 1 is 1.05 bits per heavy atom. The molecule has 0 heterocycles. The van der Waals surface area contributed by atoms with E-state index in [9.17, 15) is 13.9 Å². The third-order valence-electron chi connectivity index (χ3n) is 2.75. The lowest BCUT2D eigenvalue weighted by Crippen LogP contribution is -2.05. The fraction of sp³-hybridized carbons (Fsp3) is 0.143. The van der Waals surface area contributed by atoms with Crippen LogP contribution in [0.2, 0.25) is 0 Å². The van der Waals surface area contributed by atoms with E-state index in [1.54, 1.807) is 12.1 Å². The van der Waals surface area contributed by atoms with Gasteiger partial charge in [-0.3, -0.25) is 0 Å². The Bertz CT molecular complexity index is 602. The third kappa shape index (κ3) is 3.61. The van der Waals surface area contributed by atoms with Crippen LogP contribution in [-0.4, -0.2) is 5.11 Å². The SMILES string of the molecule is OC(Cc1ccc(F)cc1Br)c1cc(Br)ccc1F. The van der Waals surface area contributed by atoms with Gasteiger partial charge in [0.05, 0.1) is 6.10 Å². The van der Waals surface area contributed by atoms with Crippen LogP contribution >= 0.6 is 31.9 Å². The highest BCUT2D eigenvalue weighted by molar-refractivity contribution is 9.10. The van der Waals surface area contributed by atoms with Crippen molar-refractivity contribution in [2.24, 2.45) is 0 Å². The van der Waals surface area contributed by atoms with Crippen LogP contribution in [0.25, 0.3) is 0 Å². The molecular formula is C14H10Br2F2O. The van der Waals surface area contributed by atoms with Gasteiger partial charge in [-0.05, 0) is 35.9 Å². The van der Waals surface area contributed by atoms with Crippen molar-refractivity contribution in [1.82, 2.24) is 0 Å². The van der Waals surface area contributed by atoms with E-state index >= 15 is 0 Å². The highest BCUT2D eigenvalue weighted by Gasteiger charge is 2.15. The van der Waals surface area contributed by atoms with Crippen molar-refractivity contribution in [3.8, 4) is 0 Å². The lowest BCUT2D eigenvalue weighted by Gasteiger charge is -2.13. The fourth-order valence-electron chi connectivity index (χ4n) is 1.78. The van der Waals surface area contributed by atoms with Gasteiger partial charge in [-0.15, -0.1) is 0 Å². The molecule has 0 aromatic heterocycles. The van der Waals surface area contributed by atoms with Crippen molar-refractivity contribution >= 4 is 31.9 Å². The minimum atomic E-state index is -0.987. The lowest BCUT2D eigenvalue weighted by atomic mass is 10.0. The third-order valence-corrected chi connectivity index (χ3v) is 3.98. The average Bonchev–Trinajstić information content (AvgIpc) is 2.35. The normalized spacial score (nSPS) is 12.5. The van der Waals surface area contributed by atoms with E-state index in [0.717, 1.165) is 0 Å². The molecule has 0 aliphatic heterocycles. The van der Waals surface area contributed by atoms with Gasteiger partial charge >= 0.3 is 0 Å². The van der Waals surface area contributed by atoms with Gasteiger partial charge in [-0.2, -0.15) is 0 Å². The van der Waals surface area contributed by atoms with Crippen LogP contribution in [0.15, 0.2) is 45.3 Å². The van der Waals surface area contributed by atoms with Crippen molar-refractivity contribution in [1.29, 1.82) is 0 Å². The van der Waals surface area contributed by atoms with Gasteiger partial charge in [0.25, 0.3) is 0 Å². The summed E-state index contributed by atoms with van der Waals surface area (Å²) in [5, 5.41) is 10.1. The number of halogens is 4. The minimum absolute atomic E-state index is 0.203. The van der Waals surface area contributed by atoms with Crippen molar-refractivity contribution in [2.45, 2.75) is 12.5 Å². The molecule has 0 fully saturated rings. The van der Waals surface area contributed by atoms with E-state index in [2.05, 4.69) is 31.9 Å². The number of aliphatic hydroxyl groups is 1. The average molecular weight is 392 g/mol. The fourth-order valence-corrected chi connectivity index (χ4v) is 2.67. The topological polar surface area (TPSA) is 20.2 Å². The molecule has 1 nitrogen and oxygen atoms in total. The maximum Gasteiger partial charge on any atom is 0.129 e. The summed E-state index contributed by atoms with van der Waals surface area (Å²) in [7, 11) is 0. The Labute approximate surface area is 126 Å². The molecule has 1 atom stereocenters. The second-order valence-electron chi connectivity index (χ2n) is 4.12. The summed E-state index contributed by atoms with van der Waals surface area (Å²) in [4.78, 5) is 0. The summed E-state index contributed by atoms with van der Waals surface area (Å²) >= 11 is 6.46. The molecule has 0 saturated heterocycles. The van der Waals surface area contributed by atoms with Crippen LogP contribution < -0.4 is 0 Å². The molecule has 1 N–H and O–H groups in total. The molecular weight excluding hydrogens is 382 g/mol. The van der Waals surface area contributed by atoms with E-state index in [1.165, 1.54) is 24.3 Å². The second-order valence-corrected chi connectivity index (χ2v) is 5.89. The standard InChI is InChI=1S/C14H10Br2F2O/c15-9-2-4-13(18)11(6-9)14(19)5-8-1-3-10(17)7-12(8)16/h1-4,6-7,14,19H,5H2. The molecule has 2 rings (SSSR count). The highest BCUT2D eigenvalue weighted by atomic mass is 79.9. The Hall–Kier alpha value is -0.780. The molecule has 5 heteroatoms. The molecule has 0 saturated carbocycles. The first-order valence-electron chi connectivity index (χ1n) is 5.54. The maximum absolute atomic E-state index is 13.6. The predicted octanol–water partition coefficient (Wildman–Crippen LogP) is 4.77. The van der Waals surface area contributed by atoms with Gasteiger partial charge in [0.1, 0.15) is 11.6 Å². The van der Waals surface area contributed by atoms with Crippen molar-refractivity contribution in [3.05, 3.63) is 68.1 Å². The molecule has 0 aliphatic carbocycles. The van der Waals surface area contributed by atoms with Gasteiger partial charge in [-0.1, -0.05) is 37.9 Å². The van der Waals surface area contributed by atoms with Gasteiger partial charge in [0.15, 0.2) is 0 Å². The smallest absolute Gasteiger partial charge is 0.129 e. The molecule has 100 valence electrons. The number of benzene rings is 2. The maximum atomic E-state index is 13.6. The summed E-state index contributed by atoms with van der Waals surface area (Å²) in [5.74, 6) is -0.826. The summed E-state index contributed by atoms with van der Waals surface area (Å²) < 4.78 is 27.9. The molecule has 2 aromatic rings. The first kappa shape index (κ1) is 14.6. The monoisotopic (exact) mass is 390 g/mol.